The molecule has 0 aromatic rings. The molecule has 5 heteroatoms. The normalized spacial score (nSPS) is 31.4. The molecular formula is C6H12N2O3. The van der Waals surface area contributed by atoms with Crippen molar-refractivity contribution in [3.05, 3.63) is 0 Å². The molecule has 0 saturated carbocycles. The number of rotatable bonds is 1. The molecule has 1 amide bonds. The molecule has 5 nitrogen and oxygen atoms in total. The molecule has 64 valence electrons. The van der Waals surface area contributed by atoms with E-state index < -0.39 is 12.2 Å². The van der Waals surface area contributed by atoms with Crippen molar-refractivity contribution in [1.82, 2.24) is 10.6 Å². The van der Waals surface area contributed by atoms with Crippen LogP contribution in [0.3, 0.4) is 0 Å². The first kappa shape index (κ1) is 8.29. The van der Waals surface area contributed by atoms with E-state index in [0.29, 0.717) is 13.0 Å². The number of carbonyl (C=O) groups is 1. The molecule has 1 saturated heterocycles. The van der Waals surface area contributed by atoms with E-state index in [9.17, 15) is 9.90 Å². The Hall–Kier alpha value is -0.810. The second kappa shape index (κ2) is 3.54. The summed E-state index contributed by atoms with van der Waals surface area (Å²) in [5, 5.41) is 22.8. The largest absolute Gasteiger partial charge is 0.465 e. The van der Waals surface area contributed by atoms with Crippen molar-refractivity contribution < 1.29 is 15.0 Å². The Morgan fingerprint density at radius 1 is 1.64 bits per heavy atom. The predicted octanol–water partition coefficient (Wildman–Crippen LogP) is -1.02. The molecule has 11 heavy (non-hydrogen) atoms. The summed E-state index contributed by atoms with van der Waals surface area (Å²) in [7, 11) is 0. The van der Waals surface area contributed by atoms with E-state index in [-0.39, 0.29) is 6.04 Å². The fraction of sp³-hybridized carbons (Fsp3) is 0.833. The number of hydrogen-bond donors (Lipinski definition) is 4. The van der Waals surface area contributed by atoms with Crippen LogP contribution in [-0.4, -0.2) is 41.5 Å². The van der Waals surface area contributed by atoms with Crippen molar-refractivity contribution in [3.63, 3.8) is 0 Å². The van der Waals surface area contributed by atoms with E-state index in [1.54, 1.807) is 0 Å². The number of aliphatic hydroxyl groups excluding tert-OH is 1. The lowest BCUT2D eigenvalue weighted by Crippen LogP contribution is -2.52. The molecule has 0 aromatic carbocycles. The van der Waals surface area contributed by atoms with E-state index in [1.165, 1.54) is 0 Å². The van der Waals surface area contributed by atoms with E-state index in [2.05, 4.69) is 10.6 Å². The smallest absolute Gasteiger partial charge is 0.404 e. The highest BCUT2D eigenvalue weighted by molar-refractivity contribution is 5.64. The highest BCUT2D eigenvalue weighted by Gasteiger charge is 2.23. The van der Waals surface area contributed by atoms with Crippen LogP contribution in [0.5, 0.6) is 0 Å². The zero-order chi connectivity index (χ0) is 8.27. The lowest BCUT2D eigenvalue weighted by molar-refractivity contribution is 0.0986. The van der Waals surface area contributed by atoms with Gasteiger partial charge in [0, 0.05) is 6.54 Å². The van der Waals surface area contributed by atoms with Gasteiger partial charge in [-0.15, -0.1) is 0 Å². The van der Waals surface area contributed by atoms with Gasteiger partial charge < -0.3 is 20.8 Å². The van der Waals surface area contributed by atoms with Crippen LogP contribution < -0.4 is 10.6 Å². The highest BCUT2D eigenvalue weighted by Crippen LogP contribution is 2.02. The van der Waals surface area contributed by atoms with Crippen LogP contribution >= 0.6 is 0 Å². The summed E-state index contributed by atoms with van der Waals surface area (Å²) in [6.07, 6.45) is -1.02. The van der Waals surface area contributed by atoms with Crippen LogP contribution in [0, 0.1) is 0 Å². The minimum atomic E-state index is -1.07. The maximum absolute atomic E-state index is 10.2. The van der Waals surface area contributed by atoms with Crippen molar-refractivity contribution in [2.45, 2.75) is 18.6 Å². The molecule has 0 aliphatic carbocycles. The molecule has 1 rings (SSSR count). The topological polar surface area (TPSA) is 81.6 Å². The number of hydrogen-bond acceptors (Lipinski definition) is 3. The Kier molecular flexibility index (Phi) is 2.67. The molecule has 0 bridgehead atoms. The number of piperidine rings is 1. The molecule has 0 aromatic heterocycles. The van der Waals surface area contributed by atoms with Gasteiger partial charge in [0.15, 0.2) is 0 Å². The second-order valence-electron chi connectivity index (χ2n) is 2.62. The van der Waals surface area contributed by atoms with Gasteiger partial charge in [-0.25, -0.2) is 4.79 Å². The summed E-state index contributed by atoms with van der Waals surface area (Å²) in [6, 6.07) is -0.311. The van der Waals surface area contributed by atoms with Crippen LogP contribution in [0.1, 0.15) is 6.42 Å². The molecule has 1 aliphatic rings. The summed E-state index contributed by atoms with van der Waals surface area (Å²) in [5.74, 6) is 0. The van der Waals surface area contributed by atoms with Crippen molar-refractivity contribution in [2.75, 3.05) is 13.1 Å². The SMILES string of the molecule is O=C(O)N[C@@H]1CCNC[C@@H]1O. The lowest BCUT2D eigenvalue weighted by Gasteiger charge is -2.27. The molecular weight excluding hydrogens is 148 g/mol. The first-order valence-corrected chi connectivity index (χ1v) is 3.58. The molecule has 0 unspecified atom stereocenters. The average molecular weight is 160 g/mol. The van der Waals surface area contributed by atoms with Crippen molar-refractivity contribution in [3.8, 4) is 0 Å². The molecule has 1 heterocycles. The van der Waals surface area contributed by atoms with E-state index in [0.717, 1.165) is 6.54 Å². The van der Waals surface area contributed by atoms with Gasteiger partial charge in [0.1, 0.15) is 0 Å². The van der Waals surface area contributed by atoms with Crippen LogP contribution in [-0.2, 0) is 0 Å². The van der Waals surface area contributed by atoms with Gasteiger partial charge >= 0.3 is 6.09 Å². The van der Waals surface area contributed by atoms with Crippen LogP contribution in [0.4, 0.5) is 4.79 Å². The quantitative estimate of drug-likeness (QED) is 0.395. The van der Waals surface area contributed by atoms with Crippen molar-refractivity contribution in [2.24, 2.45) is 0 Å². The van der Waals surface area contributed by atoms with Gasteiger partial charge in [-0.05, 0) is 13.0 Å². The summed E-state index contributed by atoms with van der Waals surface area (Å²) in [5.41, 5.74) is 0. The van der Waals surface area contributed by atoms with Crippen LogP contribution in [0.15, 0.2) is 0 Å². The Morgan fingerprint density at radius 3 is 2.91 bits per heavy atom. The van der Waals surface area contributed by atoms with Gasteiger partial charge in [0.2, 0.25) is 0 Å². The zero-order valence-electron chi connectivity index (χ0n) is 6.08. The van der Waals surface area contributed by atoms with Crippen molar-refractivity contribution >= 4 is 6.09 Å². The van der Waals surface area contributed by atoms with Gasteiger partial charge in [-0.2, -0.15) is 0 Å². The lowest BCUT2D eigenvalue weighted by atomic mass is 10.0. The van der Waals surface area contributed by atoms with Crippen molar-refractivity contribution in [1.29, 1.82) is 0 Å². The molecule has 1 aliphatic heterocycles. The predicted molar refractivity (Wildman–Crippen MR) is 38.4 cm³/mol. The standard InChI is InChI=1S/C6H12N2O3/c9-5-3-7-2-1-4(5)8-6(10)11/h4-5,7-9H,1-3H2,(H,10,11)/t4-,5+/m1/s1. The number of amides is 1. The molecule has 4 N–H and O–H groups in total. The third kappa shape index (κ3) is 2.36. The maximum atomic E-state index is 10.2. The molecule has 1 fully saturated rings. The van der Waals surface area contributed by atoms with Gasteiger partial charge in [0.05, 0.1) is 12.1 Å². The van der Waals surface area contributed by atoms with Gasteiger partial charge in [-0.1, -0.05) is 0 Å². The fourth-order valence-electron chi connectivity index (χ4n) is 1.17. The monoisotopic (exact) mass is 160 g/mol. The molecule has 0 radical (unpaired) electrons. The van der Waals surface area contributed by atoms with E-state index in [4.69, 9.17) is 5.11 Å². The second-order valence-corrected chi connectivity index (χ2v) is 2.62. The van der Waals surface area contributed by atoms with E-state index in [1.807, 2.05) is 0 Å². The van der Waals surface area contributed by atoms with Crippen LogP contribution in [0.25, 0.3) is 0 Å². The number of carboxylic acid groups (broad SMARTS) is 1. The minimum Gasteiger partial charge on any atom is -0.465 e. The minimum absolute atomic E-state index is 0.311. The molecule has 2 atom stereocenters. The Bertz CT molecular complexity index is 151. The first-order chi connectivity index (χ1) is 5.20. The molecule has 0 spiro atoms. The van der Waals surface area contributed by atoms with Gasteiger partial charge in [-0.3, -0.25) is 0 Å². The fourth-order valence-corrected chi connectivity index (χ4v) is 1.17. The Morgan fingerprint density at radius 2 is 2.36 bits per heavy atom. The third-order valence-electron chi connectivity index (χ3n) is 1.76. The number of β-amino-alcohol motifs (C(OH)–C–C–N with tert-alkyl or cyclic N) is 1. The average Bonchev–Trinajstić information content (AvgIpc) is 1.93. The summed E-state index contributed by atoms with van der Waals surface area (Å²) in [4.78, 5) is 10.2. The number of nitrogens with one attached hydrogen (secondary N) is 2. The summed E-state index contributed by atoms with van der Waals surface area (Å²) < 4.78 is 0. The zero-order valence-corrected chi connectivity index (χ0v) is 6.08. The van der Waals surface area contributed by atoms with E-state index >= 15 is 0 Å². The Balaban J connectivity index is 2.35. The number of aliphatic hydroxyl groups is 1. The van der Waals surface area contributed by atoms with Gasteiger partial charge in [0.25, 0.3) is 0 Å². The maximum Gasteiger partial charge on any atom is 0.404 e. The first-order valence-electron chi connectivity index (χ1n) is 3.58. The summed E-state index contributed by atoms with van der Waals surface area (Å²) >= 11 is 0. The highest BCUT2D eigenvalue weighted by atomic mass is 16.4. The third-order valence-corrected chi connectivity index (χ3v) is 1.76. The Labute approximate surface area is 64.4 Å². The van der Waals surface area contributed by atoms with Crippen LogP contribution in [0.2, 0.25) is 0 Å². The summed E-state index contributed by atoms with van der Waals surface area (Å²) in [6.45, 7) is 1.22.